The third-order valence-corrected chi connectivity index (χ3v) is 3.35. The predicted octanol–water partition coefficient (Wildman–Crippen LogP) is 0.511. The Bertz CT molecular complexity index is 857. The third-order valence-electron chi connectivity index (χ3n) is 3.35. The van der Waals surface area contributed by atoms with E-state index in [-0.39, 0.29) is 30.7 Å². The van der Waals surface area contributed by atoms with Crippen molar-refractivity contribution in [3.63, 3.8) is 0 Å². The average Bonchev–Trinajstić information content (AvgIpc) is 2.86. The second kappa shape index (κ2) is 6.49. The Morgan fingerprint density at radius 2 is 2.04 bits per heavy atom. The number of rotatable bonds is 6. The van der Waals surface area contributed by atoms with Gasteiger partial charge in [0.25, 0.3) is 0 Å². The normalized spacial score (nSPS) is 11.0. The first-order chi connectivity index (χ1) is 11.2. The molecule has 120 valence electrons. The number of nitrogens with zero attached hydrogens (tertiary/aromatic N) is 3. The summed E-state index contributed by atoms with van der Waals surface area (Å²) in [6, 6.07) is 9.66. The summed E-state index contributed by atoms with van der Waals surface area (Å²) in [5, 5.41) is 8.79. The van der Waals surface area contributed by atoms with Crippen LogP contribution in [0.25, 0.3) is 11.2 Å². The van der Waals surface area contributed by atoms with Gasteiger partial charge in [-0.25, -0.2) is 4.79 Å². The van der Waals surface area contributed by atoms with Crippen LogP contribution in [0.15, 0.2) is 35.1 Å². The molecule has 0 saturated carbocycles. The Kier molecular flexibility index (Phi) is 4.24. The number of aromatic nitrogens is 4. The van der Waals surface area contributed by atoms with Crippen molar-refractivity contribution in [2.75, 3.05) is 18.9 Å². The first-order valence-corrected chi connectivity index (χ1v) is 7.22. The number of aromatic amines is 1. The molecule has 0 fully saturated rings. The van der Waals surface area contributed by atoms with Crippen LogP contribution in [0, 0.1) is 0 Å². The SMILES string of the molecule is Nc1nc(OCCCO)nc2c1[nH]c(=O)n2Cc1ccccc1. The Morgan fingerprint density at radius 3 is 2.78 bits per heavy atom. The van der Waals surface area contributed by atoms with Gasteiger partial charge in [0.15, 0.2) is 11.5 Å². The van der Waals surface area contributed by atoms with Gasteiger partial charge >= 0.3 is 11.7 Å². The molecule has 8 heteroatoms. The van der Waals surface area contributed by atoms with Crippen LogP contribution in [0.2, 0.25) is 0 Å². The summed E-state index contributed by atoms with van der Waals surface area (Å²) in [6.45, 7) is 0.654. The number of H-pyrrole nitrogens is 1. The Hall–Kier alpha value is -2.87. The number of hydrogen-bond donors (Lipinski definition) is 3. The molecule has 0 radical (unpaired) electrons. The lowest BCUT2D eigenvalue weighted by atomic mass is 10.2. The molecule has 0 unspecified atom stereocenters. The summed E-state index contributed by atoms with van der Waals surface area (Å²) in [7, 11) is 0. The maximum Gasteiger partial charge on any atom is 0.328 e. The number of ether oxygens (including phenoxy) is 1. The van der Waals surface area contributed by atoms with Crippen molar-refractivity contribution < 1.29 is 9.84 Å². The van der Waals surface area contributed by atoms with E-state index in [1.54, 1.807) is 0 Å². The molecule has 1 aromatic carbocycles. The average molecular weight is 315 g/mol. The first kappa shape index (κ1) is 15.0. The largest absolute Gasteiger partial charge is 0.463 e. The zero-order valence-electron chi connectivity index (χ0n) is 12.4. The first-order valence-electron chi connectivity index (χ1n) is 7.22. The smallest absolute Gasteiger partial charge is 0.328 e. The van der Waals surface area contributed by atoms with Crippen LogP contribution < -0.4 is 16.2 Å². The van der Waals surface area contributed by atoms with Crippen LogP contribution in [0.4, 0.5) is 5.82 Å². The number of benzene rings is 1. The molecule has 0 atom stereocenters. The summed E-state index contributed by atoms with van der Waals surface area (Å²) in [4.78, 5) is 23.1. The highest BCUT2D eigenvalue weighted by atomic mass is 16.5. The van der Waals surface area contributed by atoms with Crippen molar-refractivity contribution in [2.45, 2.75) is 13.0 Å². The minimum atomic E-state index is -0.308. The summed E-state index contributed by atoms with van der Waals surface area (Å²) < 4.78 is 6.85. The lowest BCUT2D eigenvalue weighted by Crippen LogP contribution is -2.17. The van der Waals surface area contributed by atoms with Crippen LogP contribution in [0.1, 0.15) is 12.0 Å². The van der Waals surface area contributed by atoms with E-state index in [9.17, 15) is 4.79 Å². The molecule has 4 N–H and O–H groups in total. The summed E-state index contributed by atoms with van der Waals surface area (Å²) in [5.74, 6) is 0.151. The second-order valence-corrected chi connectivity index (χ2v) is 5.02. The van der Waals surface area contributed by atoms with E-state index in [4.69, 9.17) is 15.6 Å². The molecule has 0 amide bonds. The summed E-state index contributed by atoms with van der Waals surface area (Å²) in [5.41, 5.74) is 7.32. The van der Waals surface area contributed by atoms with E-state index >= 15 is 0 Å². The van der Waals surface area contributed by atoms with Crippen molar-refractivity contribution >= 4 is 17.0 Å². The van der Waals surface area contributed by atoms with Crippen LogP contribution in [0.5, 0.6) is 6.01 Å². The Morgan fingerprint density at radius 1 is 1.26 bits per heavy atom. The molecule has 2 heterocycles. The highest BCUT2D eigenvalue weighted by Gasteiger charge is 2.14. The number of nitrogen functional groups attached to an aromatic ring is 1. The molecule has 23 heavy (non-hydrogen) atoms. The highest BCUT2D eigenvalue weighted by molar-refractivity contribution is 5.81. The fourth-order valence-electron chi connectivity index (χ4n) is 2.24. The van der Waals surface area contributed by atoms with Gasteiger partial charge in [0.2, 0.25) is 0 Å². The standard InChI is InChI=1S/C15H17N5O3/c16-12-11-13(19-14(18-12)23-8-4-7-21)20(15(22)17-11)9-10-5-2-1-3-6-10/h1-3,5-6,21H,4,7-9H2,(H,17,22)(H2,16,18,19). The zero-order chi connectivity index (χ0) is 16.2. The number of nitrogens with two attached hydrogens (primary N) is 1. The van der Waals surface area contributed by atoms with Crippen molar-refractivity contribution in [3.8, 4) is 6.01 Å². The van der Waals surface area contributed by atoms with Gasteiger partial charge in [-0.05, 0) is 5.56 Å². The number of nitrogens with one attached hydrogen (secondary N) is 1. The van der Waals surface area contributed by atoms with E-state index in [1.807, 2.05) is 30.3 Å². The number of aliphatic hydroxyl groups excluding tert-OH is 1. The fourth-order valence-corrected chi connectivity index (χ4v) is 2.24. The molecule has 3 rings (SSSR count). The third kappa shape index (κ3) is 3.16. The van der Waals surface area contributed by atoms with Gasteiger partial charge in [-0.1, -0.05) is 30.3 Å². The minimum Gasteiger partial charge on any atom is -0.463 e. The van der Waals surface area contributed by atoms with Crippen molar-refractivity contribution in [1.82, 2.24) is 19.5 Å². The topological polar surface area (TPSA) is 119 Å². The van der Waals surface area contributed by atoms with Gasteiger partial charge in [0.05, 0.1) is 13.2 Å². The molecule has 2 aromatic heterocycles. The molecule has 0 aliphatic rings. The van der Waals surface area contributed by atoms with Gasteiger partial charge in [0.1, 0.15) is 5.52 Å². The number of anilines is 1. The van der Waals surface area contributed by atoms with Crippen LogP contribution in [-0.4, -0.2) is 37.8 Å². The Balaban J connectivity index is 2.00. The fraction of sp³-hybridized carbons (Fsp3) is 0.267. The molecule has 0 bridgehead atoms. The van der Waals surface area contributed by atoms with E-state index in [0.29, 0.717) is 24.1 Å². The predicted molar refractivity (Wildman–Crippen MR) is 85.3 cm³/mol. The highest BCUT2D eigenvalue weighted by Crippen LogP contribution is 2.18. The summed E-state index contributed by atoms with van der Waals surface area (Å²) >= 11 is 0. The van der Waals surface area contributed by atoms with E-state index in [1.165, 1.54) is 4.57 Å². The minimum absolute atomic E-state index is 0.0145. The molecule has 8 nitrogen and oxygen atoms in total. The van der Waals surface area contributed by atoms with Gasteiger partial charge in [0, 0.05) is 13.0 Å². The van der Waals surface area contributed by atoms with E-state index < -0.39 is 0 Å². The maximum atomic E-state index is 12.2. The lowest BCUT2D eigenvalue weighted by molar-refractivity contribution is 0.225. The maximum absolute atomic E-state index is 12.2. The van der Waals surface area contributed by atoms with Crippen LogP contribution >= 0.6 is 0 Å². The molecule has 0 aliphatic carbocycles. The molecular weight excluding hydrogens is 298 g/mol. The molecule has 0 aliphatic heterocycles. The van der Waals surface area contributed by atoms with Crippen LogP contribution in [-0.2, 0) is 6.54 Å². The van der Waals surface area contributed by atoms with Gasteiger partial charge in [-0.2, -0.15) is 9.97 Å². The molecule has 0 spiro atoms. The quantitative estimate of drug-likeness (QED) is 0.570. The number of imidazole rings is 1. The number of fused-ring (bicyclic) bond motifs is 1. The van der Waals surface area contributed by atoms with E-state index in [2.05, 4.69) is 15.0 Å². The Labute approximate surface area is 131 Å². The second-order valence-electron chi connectivity index (χ2n) is 5.02. The number of hydrogen-bond acceptors (Lipinski definition) is 6. The summed E-state index contributed by atoms with van der Waals surface area (Å²) in [6.07, 6.45) is 0.464. The number of aliphatic hydroxyl groups is 1. The van der Waals surface area contributed by atoms with Gasteiger partial charge in [-0.3, -0.25) is 4.57 Å². The lowest BCUT2D eigenvalue weighted by Gasteiger charge is -2.06. The van der Waals surface area contributed by atoms with Gasteiger partial charge < -0.3 is 20.6 Å². The van der Waals surface area contributed by atoms with Crippen molar-refractivity contribution in [1.29, 1.82) is 0 Å². The van der Waals surface area contributed by atoms with Crippen molar-refractivity contribution in [2.24, 2.45) is 0 Å². The molecule has 3 aromatic rings. The monoisotopic (exact) mass is 315 g/mol. The van der Waals surface area contributed by atoms with E-state index in [0.717, 1.165) is 5.56 Å². The zero-order valence-corrected chi connectivity index (χ0v) is 12.4. The van der Waals surface area contributed by atoms with Gasteiger partial charge in [-0.15, -0.1) is 0 Å². The van der Waals surface area contributed by atoms with Crippen LogP contribution in [0.3, 0.4) is 0 Å². The van der Waals surface area contributed by atoms with Crippen molar-refractivity contribution in [3.05, 3.63) is 46.4 Å². The molecular formula is C15H17N5O3. The molecule has 0 saturated heterocycles.